The summed E-state index contributed by atoms with van der Waals surface area (Å²) in [5, 5.41) is 3.38. The summed E-state index contributed by atoms with van der Waals surface area (Å²) in [7, 11) is -3.22. The van der Waals surface area contributed by atoms with E-state index in [1.165, 1.54) is 12.3 Å². The first-order valence-corrected chi connectivity index (χ1v) is 8.57. The second kappa shape index (κ2) is 5.26. The number of nitrogens with one attached hydrogen (secondary N) is 1. The first-order valence-electron chi connectivity index (χ1n) is 6.67. The third kappa shape index (κ3) is 3.64. The minimum Gasteiger partial charge on any atom is -0.397 e. The van der Waals surface area contributed by atoms with Gasteiger partial charge in [0.25, 0.3) is 0 Å². The number of nitrogens with two attached hydrogens (primary N) is 1. The van der Waals surface area contributed by atoms with Gasteiger partial charge in [0.15, 0.2) is 9.84 Å². The molecule has 0 aliphatic carbocycles. The van der Waals surface area contributed by atoms with Gasteiger partial charge in [-0.25, -0.2) is 8.42 Å². The molecule has 0 bridgehead atoms. The van der Waals surface area contributed by atoms with E-state index in [-0.39, 0.29) is 16.5 Å². The number of sulfone groups is 1. The standard InChI is InChI=1S/C14H22N2O3S/c1-14(2)9-10(6-7-19-14)16-13-5-4-11(8-12(13)15)20(3,17)18/h4-5,8,10,16H,6-7,9,15H2,1-3H3. The maximum absolute atomic E-state index is 11.5. The van der Waals surface area contributed by atoms with Gasteiger partial charge in [0, 0.05) is 18.9 Å². The van der Waals surface area contributed by atoms with Crippen LogP contribution in [0.15, 0.2) is 23.1 Å². The van der Waals surface area contributed by atoms with E-state index in [1.54, 1.807) is 12.1 Å². The van der Waals surface area contributed by atoms with Crippen LogP contribution in [0, 0.1) is 0 Å². The van der Waals surface area contributed by atoms with Gasteiger partial charge in [-0.05, 0) is 44.9 Å². The number of anilines is 2. The summed E-state index contributed by atoms with van der Waals surface area (Å²) in [6.45, 7) is 4.85. The first kappa shape index (κ1) is 15.1. The smallest absolute Gasteiger partial charge is 0.175 e. The summed E-state index contributed by atoms with van der Waals surface area (Å²) in [5.41, 5.74) is 7.04. The van der Waals surface area contributed by atoms with Crippen molar-refractivity contribution in [2.75, 3.05) is 23.9 Å². The van der Waals surface area contributed by atoms with E-state index in [4.69, 9.17) is 10.5 Å². The number of rotatable bonds is 3. The Morgan fingerprint density at radius 2 is 2.10 bits per heavy atom. The molecule has 1 aliphatic rings. The van der Waals surface area contributed by atoms with Gasteiger partial charge in [0.2, 0.25) is 0 Å². The van der Waals surface area contributed by atoms with Crippen LogP contribution in [0.1, 0.15) is 26.7 Å². The molecule has 0 amide bonds. The van der Waals surface area contributed by atoms with E-state index in [0.717, 1.165) is 18.5 Å². The van der Waals surface area contributed by atoms with Crippen LogP contribution in [0.25, 0.3) is 0 Å². The fourth-order valence-electron chi connectivity index (χ4n) is 2.48. The minimum atomic E-state index is -3.22. The minimum absolute atomic E-state index is 0.141. The van der Waals surface area contributed by atoms with Crippen molar-refractivity contribution < 1.29 is 13.2 Å². The average Bonchev–Trinajstić information content (AvgIpc) is 2.29. The molecule has 112 valence electrons. The van der Waals surface area contributed by atoms with E-state index in [2.05, 4.69) is 19.2 Å². The molecule has 1 saturated heterocycles. The predicted molar refractivity (Wildman–Crippen MR) is 80.6 cm³/mol. The molecule has 0 radical (unpaired) electrons. The highest BCUT2D eigenvalue weighted by molar-refractivity contribution is 7.90. The molecule has 1 atom stereocenters. The van der Waals surface area contributed by atoms with Gasteiger partial charge in [-0.2, -0.15) is 0 Å². The molecule has 3 N–H and O–H groups in total. The molecule has 0 spiro atoms. The molecule has 1 aliphatic heterocycles. The van der Waals surface area contributed by atoms with E-state index < -0.39 is 9.84 Å². The third-order valence-electron chi connectivity index (χ3n) is 3.51. The summed E-state index contributed by atoms with van der Waals surface area (Å²) >= 11 is 0. The fourth-order valence-corrected chi connectivity index (χ4v) is 3.13. The van der Waals surface area contributed by atoms with Crippen molar-refractivity contribution in [3.8, 4) is 0 Å². The molecule has 5 nitrogen and oxygen atoms in total. The zero-order chi connectivity index (χ0) is 15.0. The van der Waals surface area contributed by atoms with Crippen LogP contribution in [-0.4, -0.2) is 32.9 Å². The Kier molecular flexibility index (Phi) is 3.97. The molecular formula is C14H22N2O3S. The molecule has 0 aromatic heterocycles. The van der Waals surface area contributed by atoms with Crippen molar-refractivity contribution in [1.82, 2.24) is 0 Å². The Morgan fingerprint density at radius 1 is 1.40 bits per heavy atom. The van der Waals surface area contributed by atoms with Crippen LogP contribution in [0.2, 0.25) is 0 Å². The van der Waals surface area contributed by atoms with Crippen molar-refractivity contribution >= 4 is 21.2 Å². The number of hydrogen-bond donors (Lipinski definition) is 2. The van der Waals surface area contributed by atoms with E-state index >= 15 is 0 Å². The van der Waals surface area contributed by atoms with Gasteiger partial charge >= 0.3 is 0 Å². The largest absolute Gasteiger partial charge is 0.397 e. The first-order chi connectivity index (χ1) is 9.17. The Labute approximate surface area is 120 Å². The van der Waals surface area contributed by atoms with Crippen LogP contribution in [-0.2, 0) is 14.6 Å². The fraction of sp³-hybridized carbons (Fsp3) is 0.571. The third-order valence-corrected chi connectivity index (χ3v) is 4.62. The van der Waals surface area contributed by atoms with Crippen LogP contribution in [0.3, 0.4) is 0 Å². The lowest BCUT2D eigenvalue weighted by atomic mass is 9.94. The molecule has 0 saturated carbocycles. The van der Waals surface area contributed by atoms with E-state index in [9.17, 15) is 8.42 Å². The number of nitrogen functional groups attached to an aromatic ring is 1. The van der Waals surface area contributed by atoms with Crippen LogP contribution in [0.4, 0.5) is 11.4 Å². The molecule has 1 heterocycles. The lowest BCUT2D eigenvalue weighted by molar-refractivity contribution is -0.0553. The molecule has 1 fully saturated rings. The Hall–Kier alpha value is -1.27. The maximum Gasteiger partial charge on any atom is 0.175 e. The zero-order valence-corrected chi connectivity index (χ0v) is 13.0. The highest BCUT2D eigenvalue weighted by atomic mass is 32.2. The van der Waals surface area contributed by atoms with Crippen molar-refractivity contribution in [2.45, 2.75) is 43.2 Å². The second-order valence-electron chi connectivity index (χ2n) is 5.96. The lowest BCUT2D eigenvalue weighted by Crippen LogP contribution is -2.40. The molecule has 2 rings (SSSR count). The van der Waals surface area contributed by atoms with Crippen molar-refractivity contribution in [3.63, 3.8) is 0 Å². The number of hydrogen-bond acceptors (Lipinski definition) is 5. The SMILES string of the molecule is CC1(C)CC(Nc2ccc(S(C)(=O)=O)cc2N)CCO1. The van der Waals surface area contributed by atoms with Gasteiger partial charge in [0.1, 0.15) is 0 Å². The quantitative estimate of drug-likeness (QED) is 0.835. The van der Waals surface area contributed by atoms with Crippen molar-refractivity contribution in [2.24, 2.45) is 0 Å². The normalized spacial score (nSPS) is 22.4. The maximum atomic E-state index is 11.5. The molecule has 1 unspecified atom stereocenters. The topological polar surface area (TPSA) is 81.4 Å². The summed E-state index contributed by atoms with van der Waals surface area (Å²) < 4.78 is 28.6. The van der Waals surface area contributed by atoms with Crippen LogP contribution in [0.5, 0.6) is 0 Å². The molecular weight excluding hydrogens is 276 g/mol. The monoisotopic (exact) mass is 298 g/mol. The summed E-state index contributed by atoms with van der Waals surface area (Å²) in [5.74, 6) is 0. The van der Waals surface area contributed by atoms with Crippen LogP contribution < -0.4 is 11.1 Å². The highest BCUT2D eigenvalue weighted by Gasteiger charge is 2.29. The van der Waals surface area contributed by atoms with E-state index in [1.807, 2.05) is 0 Å². The Bertz CT molecular complexity index is 596. The zero-order valence-electron chi connectivity index (χ0n) is 12.1. The van der Waals surface area contributed by atoms with Gasteiger partial charge in [0.05, 0.1) is 21.9 Å². The van der Waals surface area contributed by atoms with Crippen molar-refractivity contribution in [3.05, 3.63) is 18.2 Å². The van der Waals surface area contributed by atoms with Gasteiger partial charge in [-0.15, -0.1) is 0 Å². The van der Waals surface area contributed by atoms with Gasteiger partial charge in [-0.1, -0.05) is 0 Å². The molecule has 1 aromatic carbocycles. The summed E-state index contributed by atoms with van der Waals surface area (Å²) in [6, 6.07) is 5.10. The van der Waals surface area contributed by atoms with Gasteiger partial charge in [-0.3, -0.25) is 0 Å². The molecule has 1 aromatic rings. The highest BCUT2D eigenvalue weighted by Crippen LogP contribution is 2.29. The predicted octanol–water partition coefficient (Wildman–Crippen LogP) is 2.04. The number of benzene rings is 1. The van der Waals surface area contributed by atoms with E-state index in [0.29, 0.717) is 12.3 Å². The van der Waals surface area contributed by atoms with Gasteiger partial charge < -0.3 is 15.8 Å². The van der Waals surface area contributed by atoms with Crippen molar-refractivity contribution in [1.29, 1.82) is 0 Å². The summed E-state index contributed by atoms with van der Waals surface area (Å²) in [6.07, 6.45) is 2.98. The van der Waals surface area contributed by atoms with Crippen LogP contribution >= 0.6 is 0 Å². The molecule has 6 heteroatoms. The molecule has 20 heavy (non-hydrogen) atoms. The average molecular weight is 298 g/mol. The summed E-state index contributed by atoms with van der Waals surface area (Å²) in [4.78, 5) is 0.243. The number of ether oxygens (including phenoxy) is 1. The Morgan fingerprint density at radius 3 is 2.65 bits per heavy atom. The Balaban J connectivity index is 2.14. The second-order valence-corrected chi connectivity index (χ2v) is 7.98. The lowest BCUT2D eigenvalue weighted by Gasteiger charge is -2.36.